The van der Waals surface area contributed by atoms with Crippen molar-refractivity contribution in [3.05, 3.63) is 58.3 Å². The molecule has 2 unspecified atom stereocenters. The third-order valence-corrected chi connectivity index (χ3v) is 7.08. The summed E-state index contributed by atoms with van der Waals surface area (Å²) in [6, 6.07) is 10.6. The van der Waals surface area contributed by atoms with Crippen molar-refractivity contribution in [1.82, 2.24) is 9.88 Å². The predicted octanol–water partition coefficient (Wildman–Crippen LogP) is 3.07. The lowest BCUT2D eigenvalue weighted by Crippen LogP contribution is -2.48. The minimum absolute atomic E-state index is 0.275. The highest BCUT2D eigenvalue weighted by Crippen LogP contribution is 2.38. The van der Waals surface area contributed by atoms with Gasteiger partial charge in [0.15, 0.2) is 0 Å². The summed E-state index contributed by atoms with van der Waals surface area (Å²) in [5.41, 5.74) is 3.94. The molecule has 0 saturated carbocycles. The van der Waals surface area contributed by atoms with E-state index in [2.05, 4.69) is 21.3 Å². The molecule has 4 heterocycles. The number of hydrogen-bond acceptors (Lipinski definition) is 7. The first-order valence-corrected chi connectivity index (χ1v) is 10.9. The minimum atomic E-state index is -0.589. The smallest absolute Gasteiger partial charge is 0.338 e. The summed E-state index contributed by atoms with van der Waals surface area (Å²) in [6.45, 7) is 2.87. The Kier molecular flexibility index (Phi) is 5.12. The van der Waals surface area contributed by atoms with Gasteiger partial charge in [-0.2, -0.15) is 5.26 Å². The normalized spacial score (nSPS) is 25.6. The molecule has 5 rings (SSSR count). The van der Waals surface area contributed by atoms with E-state index in [9.17, 15) is 9.90 Å². The number of nitriles is 1. The van der Waals surface area contributed by atoms with Crippen molar-refractivity contribution in [3.8, 4) is 6.07 Å². The molecule has 1 aromatic heterocycles. The maximum atomic E-state index is 11.8. The molecule has 3 aliphatic heterocycles. The summed E-state index contributed by atoms with van der Waals surface area (Å²) in [5, 5.41) is 23.5. The van der Waals surface area contributed by atoms with E-state index in [0.717, 1.165) is 48.2 Å². The quantitative estimate of drug-likeness (QED) is 0.720. The van der Waals surface area contributed by atoms with E-state index >= 15 is 0 Å². The largest absolute Gasteiger partial charge is 0.457 e. The molecular formula is C24H26N4O3. The molecule has 4 atom stereocenters. The molecule has 0 radical (unpaired) electrons. The van der Waals surface area contributed by atoms with Crippen LogP contribution in [0.5, 0.6) is 0 Å². The first-order valence-electron chi connectivity index (χ1n) is 10.9. The highest BCUT2D eigenvalue weighted by Gasteiger charge is 2.41. The number of hydrogen-bond donors (Lipinski definition) is 2. The van der Waals surface area contributed by atoms with Gasteiger partial charge < -0.3 is 15.2 Å². The number of cyclic esters (lactones) is 1. The summed E-state index contributed by atoms with van der Waals surface area (Å²) < 4.78 is 5.15. The third-order valence-electron chi connectivity index (χ3n) is 7.08. The minimum Gasteiger partial charge on any atom is -0.457 e. The van der Waals surface area contributed by atoms with Crippen molar-refractivity contribution in [2.24, 2.45) is 0 Å². The number of fused-ring (bicyclic) bond motifs is 3. The van der Waals surface area contributed by atoms with Gasteiger partial charge in [0.1, 0.15) is 18.5 Å². The van der Waals surface area contributed by atoms with Gasteiger partial charge in [-0.05, 0) is 61.9 Å². The number of aliphatic hydroxyl groups excluding tert-OH is 1. The van der Waals surface area contributed by atoms with Gasteiger partial charge >= 0.3 is 5.97 Å². The third kappa shape index (κ3) is 3.67. The molecule has 0 amide bonds. The Morgan fingerprint density at radius 2 is 2.06 bits per heavy atom. The first kappa shape index (κ1) is 20.0. The molecule has 31 heavy (non-hydrogen) atoms. The van der Waals surface area contributed by atoms with Gasteiger partial charge in [-0.25, -0.2) is 9.78 Å². The summed E-state index contributed by atoms with van der Waals surface area (Å²) in [6.07, 6.45) is 5.31. The van der Waals surface area contributed by atoms with Crippen LogP contribution in [0.15, 0.2) is 30.5 Å². The molecule has 2 fully saturated rings. The van der Waals surface area contributed by atoms with Gasteiger partial charge in [-0.15, -0.1) is 0 Å². The maximum absolute atomic E-state index is 11.8. The number of ether oxygens (including phenoxy) is 1. The van der Waals surface area contributed by atoms with Crippen LogP contribution in [0.2, 0.25) is 0 Å². The summed E-state index contributed by atoms with van der Waals surface area (Å²) in [7, 11) is 0. The van der Waals surface area contributed by atoms with Crippen LogP contribution in [0.4, 0.5) is 5.82 Å². The van der Waals surface area contributed by atoms with E-state index in [1.807, 2.05) is 19.1 Å². The second-order valence-corrected chi connectivity index (χ2v) is 8.84. The van der Waals surface area contributed by atoms with E-state index in [-0.39, 0.29) is 5.97 Å². The Hall–Kier alpha value is -2.95. The Bertz CT molecular complexity index is 1030. The van der Waals surface area contributed by atoms with Crippen molar-refractivity contribution in [2.75, 3.05) is 11.9 Å². The van der Waals surface area contributed by atoms with Crippen LogP contribution in [0.25, 0.3) is 0 Å². The fraction of sp³-hybridized carbons (Fsp3) is 0.458. The number of carbonyl (C=O) groups excluding carboxylic acids is 1. The number of benzene rings is 1. The average molecular weight is 418 g/mol. The number of carbonyl (C=O) groups is 1. The topological polar surface area (TPSA) is 98.5 Å². The number of aliphatic hydroxyl groups is 1. The molecule has 160 valence electrons. The monoisotopic (exact) mass is 418 g/mol. The van der Waals surface area contributed by atoms with Crippen LogP contribution < -0.4 is 5.32 Å². The molecule has 2 N–H and O–H groups in total. The number of pyridine rings is 1. The molecule has 7 heteroatoms. The molecule has 0 spiro atoms. The van der Waals surface area contributed by atoms with Gasteiger partial charge in [0, 0.05) is 36.4 Å². The number of anilines is 1. The summed E-state index contributed by atoms with van der Waals surface area (Å²) in [4.78, 5) is 18.6. The second-order valence-electron chi connectivity index (χ2n) is 8.84. The fourth-order valence-corrected chi connectivity index (χ4v) is 5.47. The molecule has 7 nitrogen and oxygen atoms in total. The van der Waals surface area contributed by atoms with Crippen LogP contribution >= 0.6 is 0 Å². The Labute approximate surface area is 181 Å². The molecule has 2 bridgehead atoms. The number of aromatic nitrogens is 1. The number of nitrogens with one attached hydrogen (secondary N) is 1. The van der Waals surface area contributed by atoms with E-state index in [1.165, 1.54) is 0 Å². The van der Waals surface area contributed by atoms with Gasteiger partial charge in [0.2, 0.25) is 0 Å². The molecule has 3 aliphatic rings. The van der Waals surface area contributed by atoms with Crippen molar-refractivity contribution in [3.63, 3.8) is 0 Å². The average Bonchev–Trinajstić information content (AvgIpc) is 3.25. The van der Waals surface area contributed by atoms with Crippen molar-refractivity contribution >= 4 is 11.8 Å². The lowest BCUT2D eigenvalue weighted by Gasteiger charge is -2.40. The van der Waals surface area contributed by atoms with Gasteiger partial charge in [-0.3, -0.25) is 4.90 Å². The maximum Gasteiger partial charge on any atom is 0.338 e. The molecule has 2 aromatic rings. The standard InChI is InChI=1S/C24H26N4O3/c1-14-19(5-6-20-21(14)13-31-24(20)30)22(29)12-28-17-3-4-18(28)9-16(8-17)27-23-7-2-15(10-25)11-26-23/h2,5-7,11,16-18,22,29H,3-4,8-9,12-13H2,1H3,(H,26,27)/t16?,17-,18+,22?. The SMILES string of the molecule is Cc1c(C(O)CN2[C@@H]3CC[C@H]2CC(Nc2ccc(C#N)cn2)C3)ccc2c1COC2=O. The number of esters is 1. The molecular weight excluding hydrogens is 392 g/mol. The number of rotatable bonds is 5. The molecule has 2 saturated heterocycles. The molecule has 1 aromatic carbocycles. The highest BCUT2D eigenvalue weighted by atomic mass is 16.5. The van der Waals surface area contributed by atoms with Crippen LogP contribution in [0, 0.1) is 18.3 Å². The Balaban J connectivity index is 1.25. The van der Waals surface area contributed by atoms with Crippen molar-refractivity contribution in [1.29, 1.82) is 5.26 Å². The number of piperidine rings is 1. The Morgan fingerprint density at radius 3 is 2.74 bits per heavy atom. The van der Waals surface area contributed by atoms with Crippen molar-refractivity contribution in [2.45, 2.75) is 63.4 Å². The van der Waals surface area contributed by atoms with E-state index < -0.39 is 6.10 Å². The lowest BCUT2D eigenvalue weighted by atomic mass is 9.93. The zero-order chi connectivity index (χ0) is 21.5. The van der Waals surface area contributed by atoms with Crippen molar-refractivity contribution < 1.29 is 14.6 Å². The zero-order valence-corrected chi connectivity index (χ0v) is 17.5. The highest BCUT2D eigenvalue weighted by molar-refractivity contribution is 5.93. The molecule has 0 aliphatic carbocycles. The van der Waals surface area contributed by atoms with Gasteiger partial charge in [0.25, 0.3) is 0 Å². The fourth-order valence-electron chi connectivity index (χ4n) is 5.47. The van der Waals surface area contributed by atoms with Gasteiger partial charge in [-0.1, -0.05) is 6.07 Å². The summed E-state index contributed by atoms with van der Waals surface area (Å²) >= 11 is 0. The first-order chi connectivity index (χ1) is 15.0. The zero-order valence-electron chi connectivity index (χ0n) is 17.5. The van der Waals surface area contributed by atoms with Crippen LogP contribution in [-0.4, -0.2) is 45.6 Å². The van der Waals surface area contributed by atoms with E-state index in [1.54, 1.807) is 18.3 Å². The van der Waals surface area contributed by atoms with E-state index in [0.29, 0.717) is 42.4 Å². The van der Waals surface area contributed by atoms with Gasteiger partial charge in [0.05, 0.1) is 17.2 Å². The second kappa shape index (κ2) is 7.95. The van der Waals surface area contributed by atoms with Crippen LogP contribution in [0.3, 0.4) is 0 Å². The Morgan fingerprint density at radius 1 is 1.29 bits per heavy atom. The number of nitrogens with zero attached hydrogens (tertiary/aromatic N) is 3. The van der Waals surface area contributed by atoms with E-state index in [4.69, 9.17) is 10.00 Å². The van der Waals surface area contributed by atoms with Crippen LogP contribution in [0.1, 0.15) is 64.4 Å². The van der Waals surface area contributed by atoms with Crippen LogP contribution in [-0.2, 0) is 11.3 Å². The lowest BCUT2D eigenvalue weighted by molar-refractivity contribution is 0.0534. The predicted molar refractivity (Wildman–Crippen MR) is 114 cm³/mol. The summed E-state index contributed by atoms with van der Waals surface area (Å²) in [5.74, 6) is 0.533.